The average molecular weight is 392 g/mol. The third-order valence-electron chi connectivity index (χ3n) is 3.85. The molecule has 2 aromatic carbocycles. The molecular weight excluding hydrogens is 375 g/mol. The third-order valence-corrected chi connectivity index (χ3v) is 6.50. The highest BCUT2D eigenvalue weighted by molar-refractivity contribution is 7.91. The lowest BCUT2D eigenvalue weighted by atomic mass is 10.1. The van der Waals surface area contributed by atoms with Gasteiger partial charge in [0.2, 0.25) is 5.91 Å². The minimum absolute atomic E-state index is 0.00205. The van der Waals surface area contributed by atoms with E-state index in [9.17, 15) is 17.6 Å². The van der Waals surface area contributed by atoms with E-state index in [2.05, 4.69) is 10.3 Å². The summed E-state index contributed by atoms with van der Waals surface area (Å²) in [5, 5.41) is 3.10. The highest BCUT2D eigenvalue weighted by Gasteiger charge is 2.17. The number of anilines is 1. The molecule has 3 aromatic rings. The molecule has 8 heteroatoms. The number of halogens is 1. The van der Waals surface area contributed by atoms with Crippen molar-refractivity contribution in [2.75, 3.05) is 11.1 Å². The van der Waals surface area contributed by atoms with Crippen molar-refractivity contribution in [3.05, 3.63) is 53.3 Å². The Hall–Kier alpha value is -2.32. The normalized spacial score (nSPS) is 11.7. The number of nitrogens with one attached hydrogen (secondary N) is 1. The minimum atomic E-state index is -3.65. The van der Waals surface area contributed by atoms with Gasteiger partial charge in [0.1, 0.15) is 5.82 Å². The van der Waals surface area contributed by atoms with Crippen molar-refractivity contribution in [2.45, 2.75) is 25.2 Å². The molecule has 5 nitrogen and oxygen atoms in total. The fraction of sp³-hybridized carbons (Fsp3) is 0.222. The third kappa shape index (κ3) is 4.08. The number of fused-ring (bicyclic) bond motifs is 1. The summed E-state index contributed by atoms with van der Waals surface area (Å²) in [6, 6.07) is 8.57. The summed E-state index contributed by atoms with van der Waals surface area (Å²) in [6.07, 6.45) is -0.201. The molecule has 3 rings (SSSR count). The first-order valence-corrected chi connectivity index (χ1v) is 10.4. The molecule has 26 heavy (non-hydrogen) atoms. The van der Waals surface area contributed by atoms with Gasteiger partial charge in [0.05, 0.1) is 20.9 Å². The first kappa shape index (κ1) is 18.5. The second-order valence-corrected chi connectivity index (χ2v) is 9.16. The summed E-state index contributed by atoms with van der Waals surface area (Å²) in [5.41, 5.74) is 2.97. The van der Waals surface area contributed by atoms with Crippen molar-refractivity contribution in [3.8, 4) is 0 Å². The molecule has 1 aromatic heterocycles. The maximum atomic E-state index is 12.9. The monoisotopic (exact) mass is 392 g/mol. The van der Waals surface area contributed by atoms with Gasteiger partial charge in [0.15, 0.2) is 15.0 Å². The van der Waals surface area contributed by atoms with Crippen molar-refractivity contribution in [1.29, 1.82) is 0 Å². The van der Waals surface area contributed by atoms with E-state index >= 15 is 0 Å². The Morgan fingerprint density at radius 1 is 1.19 bits per heavy atom. The second kappa shape index (κ2) is 7.13. The number of carbonyl (C=O) groups excluding carboxylic acids is 1. The van der Waals surface area contributed by atoms with Crippen molar-refractivity contribution in [2.24, 2.45) is 0 Å². The van der Waals surface area contributed by atoms with Crippen molar-refractivity contribution in [1.82, 2.24) is 4.98 Å². The summed E-state index contributed by atoms with van der Waals surface area (Å²) in [7, 11) is -3.65. The molecular formula is C18H17FN2O3S2. The zero-order valence-electron chi connectivity index (χ0n) is 14.2. The molecule has 0 fully saturated rings. The van der Waals surface area contributed by atoms with Crippen LogP contribution in [0.15, 0.2) is 41.3 Å². The molecule has 0 unspecified atom stereocenters. The number of amides is 1. The van der Waals surface area contributed by atoms with Gasteiger partial charge in [-0.3, -0.25) is 4.79 Å². The van der Waals surface area contributed by atoms with E-state index in [-0.39, 0.29) is 17.1 Å². The van der Waals surface area contributed by atoms with Crippen LogP contribution in [0.5, 0.6) is 0 Å². The first-order chi connectivity index (χ1) is 12.2. The van der Waals surface area contributed by atoms with Gasteiger partial charge in [-0.15, -0.1) is 0 Å². The van der Waals surface area contributed by atoms with Gasteiger partial charge in [0.25, 0.3) is 0 Å². The van der Waals surface area contributed by atoms with Gasteiger partial charge in [-0.05, 0) is 55.3 Å². The predicted octanol–water partition coefficient (Wildman–Crippen LogP) is 3.85. The van der Waals surface area contributed by atoms with Crippen LogP contribution < -0.4 is 5.32 Å². The Kier molecular flexibility index (Phi) is 5.06. The Balaban J connectivity index is 1.67. The van der Waals surface area contributed by atoms with E-state index in [1.165, 1.54) is 23.5 Å². The van der Waals surface area contributed by atoms with Crippen LogP contribution in [-0.4, -0.2) is 25.1 Å². The van der Waals surface area contributed by atoms with Crippen LogP contribution in [0.3, 0.4) is 0 Å². The molecule has 0 saturated heterocycles. The number of nitrogens with zero attached hydrogens (tertiary/aromatic N) is 1. The summed E-state index contributed by atoms with van der Waals surface area (Å²) in [6.45, 7) is 3.95. The largest absolute Gasteiger partial charge is 0.302 e. The number of hydrogen-bond donors (Lipinski definition) is 1. The lowest BCUT2D eigenvalue weighted by Crippen LogP contribution is -2.17. The van der Waals surface area contributed by atoms with Gasteiger partial charge in [-0.25, -0.2) is 17.8 Å². The molecule has 1 N–H and O–H groups in total. The Morgan fingerprint density at radius 3 is 2.58 bits per heavy atom. The number of thiazole rings is 1. The van der Waals surface area contributed by atoms with Crippen molar-refractivity contribution < 1.29 is 17.6 Å². The van der Waals surface area contributed by atoms with Crippen LogP contribution in [0.25, 0.3) is 10.2 Å². The smallest absolute Gasteiger partial charge is 0.227 e. The summed E-state index contributed by atoms with van der Waals surface area (Å²) in [5.74, 6) is -1.29. The van der Waals surface area contributed by atoms with E-state index in [0.717, 1.165) is 33.5 Å². The number of aryl methyl sites for hydroxylation is 2. The van der Waals surface area contributed by atoms with Crippen LogP contribution in [0.4, 0.5) is 9.52 Å². The van der Waals surface area contributed by atoms with E-state index < -0.39 is 21.6 Å². The topological polar surface area (TPSA) is 76.1 Å². The van der Waals surface area contributed by atoms with Gasteiger partial charge >= 0.3 is 0 Å². The van der Waals surface area contributed by atoms with Gasteiger partial charge in [-0.2, -0.15) is 0 Å². The summed E-state index contributed by atoms with van der Waals surface area (Å²) >= 11 is 1.35. The first-order valence-electron chi connectivity index (χ1n) is 7.90. The Labute approximate surface area is 154 Å². The molecule has 0 saturated carbocycles. The summed E-state index contributed by atoms with van der Waals surface area (Å²) < 4.78 is 38.3. The standard InChI is InChI=1S/C18H17FN2O3S2/c1-11-9-12(2)17-15(10-11)25-18(21-17)20-16(22)7-8-26(23,24)14-5-3-13(19)4-6-14/h3-6,9-10H,7-8H2,1-2H3,(H,20,21,22). The molecule has 0 radical (unpaired) electrons. The number of rotatable bonds is 5. The number of aromatic nitrogens is 1. The lowest BCUT2D eigenvalue weighted by molar-refractivity contribution is -0.115. The zero-order chi connectivity index (χ0) is 18.9. The predicted molar refractivity (Wildman–Crippen MR) is 101 cm³/mol. The molecule has 0 spiro atoms. The maximum absolute atomic E-state index is 12.9. The zero-order valence-corrected chi connectivity index (χ0v) is 15.9. The van der Waals surface area contributed by atoms with E-state index in [4.69, 9.17) is 0 Å². The fourth-order valence-corrected chi connectivity index (χ4v) is 4.89. The van der Waals surface area contributed by atoms with Gasteiger partial charge in [-0.1, -0.05) is 17.4 Å². The van der Waals surface area contributed by atoms with E-state index in [1.807, 2.05) is 26.0 Å². The van der Waals surface area contributed by atoms with Crippen LogP contribution in [0.2, 0.25) is 0 Å². The number of benzene rings is 2. The molecule has 136 valence electrons. The Bertz CT molecular complexity index is 1070. The molecule has 0 bridgehead atoms. The molecule has 1 amide bonds. The van der Waals surface area contributed by atoms with Crippen LogP contribution in [0, 0.1) is 19.7 Å². The number of carbonyl (C=O) groups is 1. The SMILES string of the molecule is Cc1cc(C)c2nc(NC(=O)CCS(=O)(=O)c3ccc(F)cc3)sc2c1. The molecule has 0 atom stereocenters. The van der Waals surface area contributed by atoms with E-state index in [0.29, 0.717) is 5.13 Å². The minimum Gasteiger partial charge on any atom is -0.302 e. The quantitative estimate of drug-likeness (QED) is 0.669. The van der Waals surface area contributed by atoms with Crippen molar-refractivity contribution >= 4 is 42.4 Å². The fourth-order valence-electron chi connectivity index (χ4n) is 2.59. The maximum Gasteiger partial charge on any atom is 0.227 e. The number of hydrogen-bond acceptors (Lipinski definition) is 5. The molecule has 1 heterocycles. The molecule has 0 aliphatic heterocycles. The Morgan fingerprint density at radius 2 is 1.88 bits per heavy atom. The lowest BCUT2D eigenvalue weighted by Gasteiger charge is -2.04. The van der Waals surface area contributed by atoms with Crippen LogP contribution >= 0.6 is 11.3 Å². The summed E-state index contributed by atoms with van der Waals surface area (Å²) in [4.78, 5) is 16.5. The van der Waals surface area contributed by atoms with Gasteiger partial charge < -0.3 is 5.32 Å². The molecule has 0 aliphatic carbocycles. The van der Waals surface area contributed by atoms with Crippen LogP contribution in [0.1, 0.15) is 17.5 Å². The highest BCUT2D eigenvalue weighted by Crippen LogP contribution is 2.29. The van der Waals surface area contributed by atoms with E-state index in [1.54, 1.807) is 0 Å². The molecule has 0 aliphatic rings. The second-order valence-electron chi connectivity index (χ2n) is 6.02. The van der Waals surface area contributed by atoms with Gasteiger partial charge in [0, 0.05) is 6.42 Å². The van der Waals surface area contributed by atoms with Crippen LogP contribution in [-0.2, 0) is 14.6 Å². The van der Waals surface area contributed by atoms with Crippen molar-refractivity contribution in [3.63, 3.8) is 0 Å². The number of sulfone groups is 1. The highest BCUT2D eigenvalue weighted by atomic mass is 32.2. The average Bonchev–Trinajstić information content (AvgIpc) is 2.96.